The Labute approximate surface area is 119 Å². The summed E-state index contributed by atoms with van der Waals surface area (Å²) in [7, 11) is 1.41. The quantitative estimate of drug-likeness (QED) is 0.659. The lowest BCUT2D eigenvalue weighted by atomic mass is 9.91. The fourth-order valence-corrected chi connectivity index (χ4v) is 3.34. The molecule has 0 bridgehead atoms. The Bertz CT molecular complexity index is 612. The SMILES string of the molecule is C#Cc1cccc(C2CCC3C=C(C(=O)OC)NC32)c1. The fraction of sp³-hybridized carbons (Fsp3) is 0.353. The zero-order valence-corrected chi connectivity index (χ0v) is 11.4. The molecule has 1 aliphatic heterocycles. The van der Waals surface area contributed by atoms with E-state index in [0.29, 0.717) is 17.5 Å². The maximum absolute atomic E-state index is 11.6. The lowest BCUT2D eigenvalue weighted by Crippen LogP contribution is -2.32. The van der Waals surface area contributed by atoms with Gasteiger partial charge in [-0.25, -0.2) is 4.79 Å². The van der Waals surface area contributed by atoms with Gasteiger partial charge in [-0.3, -0.25) is 0 Å². The molecule has 102 valence electrons. The topological polar surface area (TPSA) is 38.3 Å². The van der Waals surface area contributed by atoms with E-state index in [4.69, 9.17) is 11.2 Å². The van der Waals surface area contributed by atoms with Crippen LogP contribution < -0.4 is 5.32 Å². The predicted molar refractivity (Wildman–Crippen MR) is 76.9 cm³/mol. The number of hydrogen-bond donors (Lipinski definition) is 1. The lowest BCUT2D eigenvalue weighted by Gasteiger charge is -2.21. The molecular formula is C17H17NO2. The van der Waals surface area contributed by atoms with Crippen molar-refractivity contribution in [2.45, 2.75) is 24.8 Å². The number of benzene rings is 1. The van der Waals surface area contributed by atoms with Crippen molar-refractivity contribution >= 4 is 5.97 Å². The summed E-state index contributed by atoms with van der Waals surface area (Å²) in [5.74, 6) is 3.20. The maximum atomic E-state index is 11.6. The molecule has 20 heavy (non-hydrogen) atoms. The van der Waals surface area contributed by atoms with Crippen molar-refractivity contribution in [3.05, 3.63) is 47.2 Å². The zero-order chi connectivity index (χ0) is 14.1. The number of esters is 1. The van der Waals surface area contributed by atoms with Crippen LogP contribution in [0, 0.1) is 18.3 Å². The average Bonchev–Trinajstić information content (AvgIpc) is 3.06. The molecule has 1 N–H and O–H groups in total. The standard InChI is InChI=1S/C17H17NO2/c1-3-11-5-4-6-12(9-11)14-8-7-13-10-15(17(19)20-2)18-16(13)14/h1,4-6,9-10,13-14,16,18H,7-8H2,2H3. The van der Waals surface area contributed by atoms with Gasteiger partial charge >= 0.3 is 5.97 Å². The highest BCUT2D eigenvalue weighted by Gasteiger charge is 2.41. The van der Waals surface area contributed by atoms with Gasteiger partial charge in [0, 0.05) is 23.4 Å². The van der Waals surface area contributed by atoms with Crippen molar-refractivity contribution in [1.82, 2.24) is 5.32 Å². The van der Waals surface area contributed by atoms with E-state index in [0.717, 1.165) is 18.4 Å². The van der Waals surface area contributed by atoms with Crippen LogP contribution in [0.25, 0.3) is 0 Å². The smallest absolute Gasteiger partial charge is 0.353 e. The second kappa shape index (κ2) is 5.05. The predicted octanol–water partition coefficient (Wildman–Crippen LogP) is 2.19. The van der Waals surface area contributed by atoms with Crippen LogP contribution in [0.1, 0.15) is 29.9 Å². The van der Waals surface area contributed by atoms with Crippen LogP contribution in [0.5, 0.6) is 0 Å². The Morgan fingerprint density at radius 1 is 1.45 bits per heavy atom. The van der Waals surface area contributed by atoms with Crippen LogP contribution in [0.3, 0.4) is 0 Å². The van der Waals surface area contributed by atoms with E-state index < -0.39 is 0 Å². The van der Waals surface area contributed by atoms with Crippen LogP contribution in [-0.4, -0.2) is 19.1 Å². The van der Waals surface area contributed by atoms with E-state index >= 15 is 0 Å². The molecular weight excluding hydrogens is 250 g/mol. The number of hydrogen-bond acceptors (Lipinski definition) is 3. The first-order chi connectivity index (χ1) is 9.72. The van der Waals surface area contributed by atoms with Gasteiger partial charge in [0.1, 0.15) is 5.70 Å². The summed E-state index contributed by atoms with van der Waals surface area (Å²) in [6, 6.07) is 8.41. The van der Waals surface area contributed by atoms with Gasteiger partial charge in [-0.05, 0) is 36.6 Å². The van der Waals surface area contributed by atoms with Crippen molar-refractivity contribution < 1.29 is 9.53 Å². The van der Waals surface area contributed by atoms with Gasteiger partial charge in [-0.1, -0.05) is 18.1 Å². The molecule has 1 aromatic rings. The first-order valence-corrected chi connectivity index (χ1v) is 6.86. The third kappa shape index (κ3) is 2.08. The summed E-state index contributed by atoms with van der Waals surface area (Å²) < 4.78 is 4.78. The highest BCUT2D eigenvalue weighted by atomic mass is 16.5. The molecule has 0 spiro atoms. The summed E-state index contributed by atoms with van der Waals surface area (Å²) >= 11 is 0. The first kappa shape index (κ1) is 12.8. The summed E-state index contributed by atoms with van der Waals surface area (Å²) in [5, 5.41) is 3.32. The van der Waals surface area contributed by atoms with Crippen LogP contribution in [0.2, 0.25) is 0 Å². The first-order valence-electron chi connectivity index (χ1n) is 6.86. The number of ether oxygens (including phenoxy) is 1. The molecule has 0 aromatic heterocycles. The number of carbonyl (C=O) groups is 1. The average molecular weight is 267 g/mol. The Kier molecular flexibility index (Phi) is 3.23. The van der Waals surface area contributed by atoms with E-state index in [1.165, 1.54) is 12.7 Å². The fourth-order valence-electron chi connectivity index (χ4n) is 3.34. The molecule has 3 rings (SSSR count). The summed E-state index contributed by atoms with van der Waals surface area (Å²) in [4.78, 5) is 11.6. The number of rotatable bonds is 2. The van der Waals surface area contributed by atoms with E-state index in [1.54, 1.807) is 0 Å². The van der Waals surface area contributed by atoms with Crippen molar-refractivity contribution in [3.63, 3.8) is 0 Å². The van der Waals surface area contributed by atoms with Gasteiger partial charge in [0.25, 0.3) is 0 Å². The summed E-state index contributed by atoms with van der Waals surface area (Å²) in [6.07, 6.45) is 9.68. The van der Waals surface area contributed by atoms with Gasteiger partial charge in [-0.15, -0.1) is 6.42 Å². The molecule has 2 aliphatic rings. The minimum atomic E-state index is -0.282. The van der Waals surface area contributed by atoms with Crippen LogP contribution in [-0.2, 0) is 9.53 Å². The molecule has 0 radical (unpaired) electrons. The lowest BCUT2D eigenvalue weighted by molar-refractivity contribution is -0.136. The Balaban J connectivity index is 1.82. The van der Waals surface area contributed by atoms with E-state index in [9.17, 15) is 4.79 Å². The monoisotopic (exact) mass is 267 g/mol. The third-order valence-electron chi connectivity index (χ3n) is 4.30. The molecule has 0 amide bonds. The van der Waals surface area contributed by atoms with Crippen LogP contribution in [0.15, 0.2) is 36.0 Å². The molecule has 1 saturated carbocycles. The molecule has 3 nitrogen and oxygen atoms in total. The van der Waals surface area contributed by atoms with Crippen molar-refractivity contribution in [2.24, 2.45) is 5.92 Å². The minimum Gasteiger partial charge on any atom is -0.464 e. The van der Waals surface area contributed by atoms with Crippen LogP contribution in [0.4, 0.5) is 0 Å². The number of fused-ring (bicyclic) bond motifs is 1. The number of terminal acetylenes is 1. The Morgan fingerprint density at radius 3 is 3.05 bits per heavy atom. The Morgan fingerprint density at radius 2 is 2.30 bits per heavy atom. The molecule has 3 heteroatoms. The van der Waals surface area contributed by atoms with Gasteiger partial charge in [-0.2, -0.15) is 0 Å². The second-order valence-corrected chi connectivity index (χ2v) is 5.36. The molecule has 3 atom stereocenters. The maximum Gasteiger partial charge on any atom is 0.353 e. The molecule has 3 unspecified atom stereocenters. The number of methoxy groups -OCH3 is 1. The normalized spacial score (nSPS) is 27.2. The summed E-state index contributed by atoms with van der Waals surface area (Å²) in [5.41, 5.74) is 2.75. The van der Waals surface area contributed by atoms with Gasteiger partial charge in [0.2, 0.25) is 0 Å². The molecule has 1 heterocycles. The van der Waals surface area contributed by atoms with E-state index in [1.807, 2.05) is 18.2 Å². The Hall–Kier alpha value is -2.21. The number of nitrogens with one attached hydrogen (secondary N) is 1. The van der Waals surface area contributed by atoms with E-state index in [-0.39, 0.29) is 12.0 Å². The largest absolute Gasteiger partial charge is 0.464 e. The van der Waals surface area contributed by atoms with Crippen molar-refractivity contribution in [3.8, 4) is 12.3 Å². The zero-order valence-electron chi connectivity index (χ0n) is 11.4. The minimum absolute atomic E-state index is 0.275. The molecule has 1 aromatic carbocycles. The number of carbonyl (C=O) groups excluding carboxylic acids is 1. The van der Waals surface area contributed by atoms with Crippen molar-refractivity contribution in [1.29, 1.82) is 0 Å². The van der Waals surface area contributed by atoms with Crippen molar-refractivity contribution in [2.75, 3.05) is 7.11 Å². The van der Waals surface area contributed by atoms with E-state index in [2.05, 4.69) is 23.4 Å². The highest BCUT2D eigenvalue weighted by molar-refractivity contribution is 5.88. The molecule has 0 saturated heterocycles. The van der Waals surface area contributed by atoms with Gasteiger partial charge in [0.15, 0.2) is 0 Å². The molecule has 1 fully saturated rings. The van der Waals surface area contributed by atoms with Gasteiger partial charge < -0.3 is 10.1 Å². The van der Waals surface area contributed by atoms with Crippen LogP contribution >= 0.6 is 0 Å². The second-order valence-electron chi connectivity index (χ2n) is 5.36. The third-order valence-corrected chi connectivity index (χ3v) is 4.30. The molecule has 1 aliphatic carbocycles. The van der Waals surface area contributed by atoms with Gasteiger partial charge in [0.05, 0.1) is 7.11 Å². The highest BCUT2D eigenvalue weighted by Crippen LogP contribution is 2.42. The summed E-state index contributed by atoms with van der Waals surface area (Å²) in [6.45, 7) is 0.